The second-order valence-electron chi connectivity index (χ2n) is 3.19. The number of hydrogen-bond acceptors (Lipinski definition) is 3. The third-order valence-electron chi connectivity index (χ3n) is 1.80. The maximum Gasteiger partial charge on any atom is 0.252 e. The van der Waals surface area contributed by atoms with E-state index in [4.69, 9.17) is 5.50 Å². The van der Waals surface area contributed by atoms with Gasteiger partial charge in [-0.1, -0.05) is 50.5 Å². The molecule has 2 unspecified atom stereocenters. The van der Waals surface area contributed by atoms with E-state index in [1.807, 2.05) is 0 Å². The maximum absolute atomic E-state index is 11.9. The van der Waals surface area contributed by atoms with Crippen LogP contribution in [0.3, 0.4) is 0 Å². The average molecular weight is 241 g/mol. The highest BCUT2D eigenvalue weighted by atomic mass is 33.1. The van der Waals surface area contributed by atoms with Crippen molar-refractivity contribution in [2.75, 3.05) is 0 Å². The molecular weight excluding hydrogens is 221 g/mol. The summed E-state index contributed by atoms with van der Waals surface area (Å²) in [5, 5.41) is 0.791. The quantitative estimate of drug-likeness (QED) is 0.710. The summed E-state index contributed by atoms with van der Waals surface area (Å²) < 4.78 is 11.9. The van der Waals surface area contributed by atoms with Crippen molar-refractivity contribution in [1.29, 1.82) is 0 Å². The molecule has 0 bridgehead atoms. The van der Waals surface area contributed by atoms with Crippen LogP contribution in [0.4, 0.5) is 0 Å². The van der Waals surface area contributed by atoms with E-state index in [9.17, 15) is 4.57 Å². The fraction of sp³-hybridized carbons (Fsp3) is 1.00. The molecule has 0 spiro atoms. The Morgan fingerprint density at radius 3 is 1.69 bits per heavy atom. The van der Waals surface area contributed by atoms with Gasteiger partial charge in [0.2, 0.25) is 0 Å². The monoisotopic (exact) mass is 241 g/mol. The van der Waals surface area contributed by atoms with Gasteiger partial charge in [0.1, 0.15) is 0 Å². The van der Waals surface area contributed by atoms with Crippen molar-refractivity contribution < 1.29 is 4.57 Å². The minimum Gasteiger partial charge on any atom is -0.283 e. The zero-order valence-electron chi connectivity index (χ0n) is 8.82. The molecule has 0 aliphatic heterocycles. The predicted molar refractivity (Wildman–Crippen MR) is 66.5 cm³/mol. The van der Waals surface area contributed by atoms with Crippen molar-refractivity contribution in [1.82, 2.24) is 0 Å². The molecule has 0 radical (unpaired) electrons. The van der Waals surface area contributed by atoms with Crippen molar-refractivity contribution in [3.8, 4) is 0 Å². The molecule has 0 amide bonds. The van der Waals surface area contributed by atoms with E-state index in [1.54, 1.807) is 0 Å². The molecule has 0 aromatic carbocycles. The van der Waals surface area contributed by atoms with Gasteiger partial charge in [0, 0.05) is 10.5 Å². The third kappa shape index (κ3) is 6.89. The van der Waals surface area contributed by atoms with Gasteiger partial charge >= 0.3 is 0 Å². The lowest BCUT2D eigenvalue weighted by Crippen LogP contribution is -2.00. The number of rotatable bonds is 6. The van der Waals surface area contributed by atoms with Crippen LogP contribution in [0.1, 0.15) is 40.5 Å². The van der Waals surface area contributed by atoms with Crippen molar-refractivity contribution in [2.24, 2.45) is 5.50 Å². The van der Waals surface area contributed by atoms with E-state index in [1.165, 1.54) is 22.8 Å². The Kier molecular flexibility index (Phi) is 6.83. The van der Waals surface area contributed by atoms with Crippen LogP contribution in [0, 0.1) is 0 Å². The summed E-state index contributed by atoms with van der Waals surface area (Å²) in [6.07, 6.45) is 2.04. The summed E-state index contributed by atoms with van der Waals surface area (Å²) in [6.45, 7) is 8.32. The Balaban J connectivity index is 4.00. The third-order valence-corrected chi connectivity index (χ3v) is 9.25. The minimum atomic E-state index is -2.50. The highest BCUT2D eigenvalue weighted by molar-refractivity contribution is 8.90. The first-order valence-corrected chi connectivity index (χ1v) is 9.41. The molecule has 0 aromatic rings. The number of hydrogen-bond donors (Lipinski definition) is 1. The van der Waals surface area contributed by atoms with Crippen molar-refractivity contribution in [3.05, 3.63) is 0 Å². The van der Waals surface area contributed by atoms with Gasteiger partial charge in [0.05, 0.1) is 0 Å². The summed E-state index contributed by atoms with van der Waals surface area (Å²) in [5.74, 6) is 0. The second-order valence-corrected chi connectivity index (χ2v) is 11.5. The predicted octanol–water partition coefficient (Wildman–Crippen LogP) is 4.12. The Bertz CT molecular complexity index is 173. The first-order chi connectivity index (χ1) is 5.91. The molecule has 13 heavy (non-hydrogen) atoms. The van der Waals surface area contributed by atoms with E-state index >= 15 is 0 Å². The summed E-state index contributed by atoms with van der Waals surface area (Å²) in [5.41, 5.74) is 3.25. The fourth-order valence-electron chi connectivity index (χ4n) is 0.676. The van der Waals surface area contributed by atoms with E-state index in [-0.39, 0.29) is 0 Å². The van der Waals surface area contributed by atoms with Gasteiger partial charge in [-0.3, -0.25) is 10.1 Å². The Morgan fingerprint density at radius 2 is 1.46 bits per heavy atom. The molecule has 0 fully saturated rings. The molecule has 80 valence electrons. The van der Waals surface area contributed by atoms with Gasteiger partial charge in [0.25, 0.3) is 5.70 Å². The minimum absolute atomic E-state index is 0.396. The summed E-state index contributed by atoms with van der Waals surface area (Å²) in [7, 11) is 0. The van der Waals surface area contributed by atoms with E-state index in [2.05, 4.69) is 27.7 Å². The molecule has 2 nitrogen and oxygen atoms in total. The molecule has 0 rings (SSSR count). The molecule has 0 aromatic heterocycles. The van der Waals surface area contributed by atoms with Gasteiger partial charge in [-0.25, -0.2) is 0 Å². The van der Waals surface area contributed by atoms with Crippen LogP contribution < -0.4 is 5.50 Å². The van der Waals surface area contributed by atoms with E-state index < -0.39 is 5.70 Å². The fourth-order valence-corrected chi connectivity index (χ4v) is 9.17. The maximum atomic E-state index is 11.9. The zero-order chi connectivity index (χ0) is 10.5. The summed E-state index contributed by atoms with van der Waals surface area (Å²) in [6, 6.07) is 0. The van der Waals surface area contributed by atoms with E-state index in [0.717, 1.165) is 12.8 Å². The van der Waals surface area contributed by atoms with Crippen molar-refractivity contribution in [3.63, 3.8) is 0 Å². The second kappa shape index (κ2) is 6.39. The Labute approximate surface area is 89.7 Å². The topological polar surface area (TPSA) is 43.1 Å². The van der Waals surface area contributed by atoms with Crippen molar-refractivity contribution >= 4 is 28.5 Å². The highest BCUT2D eigenvalue weighted by Crippen LogP contribution is 2.65. The van der Waals surface area contributed by atoms with Crippen LogP contribution in [0.25, 0.3) is 0 Å². The van der Waals surface area contributed by atoms with Gasteiger partial charge in [-0.2, -0.15) is 0 Å². The molecule has 2 atom stereocenters. The Morgan fingerprint density at radius 1 is 1.15 bits per heavy atom. The van der Waals surface area contributed by atoms with Gasteiger partial charge < -0.3 is 0 Å². The lowest BCUT2D eigenvalue weighted by molar-refractivity contribution is 0.594. The smallest absolute Gasteiger partial charge is 0.252 e. The normalized spacial score (nSPS) is 20.7. The average Bonchev–Trinajstić information content (AvgIpc) is 2.02. The molecule has 0 saturated heterocycles. The van der Waals surface area contributed by atoms with Crippen molar-refractivity contribution in [2.45, 2.75) is 51.0 Å². The lowest BCUT2D eigenvalue weighted by Gasteiger charge is -2.18. The zero-order valence-corrected chi connectivity index (χ0v) is 11.3. The molecule has 0 aliphatic carbocycles. The first kappa shape index (κ1) is 13.9. The summed E-state index contributed by atoms with van der Waals surface area (Å²) in [4.78, 5) is 0. The molecule has 5 heteroatoms. The van der Waals surface area contributed by atoms with Gasteiger partial charge in [-0.15, -0.1) is 0 Å². The standard InChI is InChI=1S/C8H20NOPS2/c1-5-7(3)12-11(9,10)13-8(4)6-2/h7-8H,5-6H2,1-4H3,(H2,9,10). The Hall–Kier alpha value is 0.890. The highest BCUT2D eigenvalue weighted by Gasteiger charge is 2.23. The largest absolute Gasteiger partial charge is 0.283 e. The molecule has 2 N–H and O–H groups in total. The van der Waals surface area contributed by atoms with Crippen LogP contribution in [-0.4, -0.2) is 10.5 Å². The summed E-state index contributed by atoms with van der Waals surface area (Å²) >= 11 is 2.88. The van der Waals surface area contributed by atoms with Gasteiger partial charge in [0.15, 0.2) is 0 Å². The molecule has 0 aliphatic rings. The van der Waals surface area contributed by atoms with Crippen LogP contribution in [0.15, 0.2) is 0 Å². The van der Waals surface area contributed by atoms with Crippen LogP contribution in [0.5, 0.6) is 0 Å². The number of nitrogens with two attached hydrogens (primary N) is 1. The first-order valence-electron chi connectivity index (χ1n) is 4.66. The van der Waals surface area contributed by atoms with Crippen LogP contribution in [0.2, 0.25) is 0 Å². The van der Waals surface area contributed by atoms with Crippen LogP contribution >= 0.6 is 28.5 Å². The van der Waals surface area contributed by atoms with Gasteiger partial charge in [-0.05, 0) is 12.8 Å². The SMILES string of the molecule is CCC(C)SP(N)(=O)SC(C)CC. The van der Waals surface area contributed by atoms with E-state index in [0.29, 0.717) is 10.5 Å². The molecule has 0 heterocycles. The van der Waals surface area contributed by atoms with Crippen LogP contribution in [-0.2, 0) is 4.57 Å². The lowest BCUT2D eigenvalue weighted by atomic mass is 10.4. The molecule has 0 saturated carbocycles. The molecular formula is C8H20NOPS2.